The molecule has 5 aliphatic carbocycles. The highest BCUT2D eigenvalue weighted by Gasteiger charge is 2.91. The lowest BCUT2D eigenvalue weighted by Crippen LogP contribution is -2.81. The van der Waals surface area contributed by atoms with Gasteiger partial charge in [0.1, 0.15) is 29.5 Å². The van der Waals surface area contributed by atoms with Crippen LogP contribution in [0.15, 0.2) is 30.3 Å². The molecule has 7 bridgehead atoms. The molecule has 6 aliphatic rings. The summed E-state index contributed by atoms with van der Waals surface area (Å²) in [5, 5.41) is 37.3. The second kappa shape index (κ2) is 10.9. The Hall–Kier alpha value is -1.67. The quantitative estimate of drug-likeness (QED) is 0.321. The van der Waals surface area contributed by atoms with Gasteiger partial charge in [0.25, 0.3) is 0 Å². The molecular weight excluding hydrogens is 582 g/mol. The zero-order chi connectivity index (χ0) is 32.1. The minimum atomic E-state index is -1.71. The van der Waals surface area contributed by atoms with Gasteiger partial charge in [0, 0.05) is 82.6 Å². The third-order valence-electron chi connectivity index (χ3n) is 13.2. The largest absolute Gasteiger partial charge is 0.455 e. The van der Waals surface area contributed by atoms with Crippen molar-refractivity contribution in [1.82, 2.24) is 4.90 Å². The lowest BCUT2D eigenvalue weighted by Gasteiger charge is -2.70. The van der Waals surface area contributed by atoms with Crippen LogP contribution in [-0.4, -0.2) is 135 Å². The molecule has 3 N–H and O–H groups in total. The third kappa shape index (κ3) is 3.60. The summed E-state index contributed by atoms with van der Waals surface area (Å²) < 4.78 is 38.1. The van der Waals surface area contributed by atoms with E-state index in [4.69, 9.17) is 28.4 Å². The van der Waals surface area contributed by atoms with Crippen LogP contribution in [0.25, 0.3) is 0 Å². The first-order valence-electron chi connectivity index (χ1n) is 16.4. The van der Waals surface area contributed by atoms with Crippen LogP contribution in [0.2, 0.25) is 0 Å². The number of rotatable bonds is 10. The van der Waals surface area contributed by atoms with Crippen molar-refractivity contribution < 1.29 is 48.5 Å². The highest BCUT2D eigenvalue weighted by atomic mass is 16.6. The Morgan fingerprint density at radius 2 is 1.73 bits per heavy atom. The van der Waals surface area contributed by atoms with E-state index < -0.39 is 76.5 Å². The van der Waals surface area contributed by atoms with Crippen LogP contribution < -0.4 is 0 Å². The number of methoxy groups -OCH3 is 4. The Balaban J connectivity index is 1.51. The SMILES string of the molecule is CCO[C@]12[C@H]3[C@@H](OC(=O)c4ccccc4)[C@](O)(C[C@H]3[C@@]34C5[C@@H]1[C@H](OC)[C@@H]3[C@](COC)(CN5CC)[C@H](O)C[C@@H]4OC)[C@@H](OC)[C@@H]2O. The number of hydrogen-bond acceptors (Lipinski definition) is 11. The van der Waals surface area contributed by atoms with Crippen molar-refractivity contribution in [2.24, 2.45) is 34.5 Å². The number of ether oxygens (including phenoxy) is 6. The average molecular weight is 632 g/mol. The summed E-state index contributed by atoms with van der Waals surface area (Å²) in [5.41, 5.74) is -4.00. The Labute approximate surface area is 265 Å². The molecule has 1 aromatic rings. The predicted octanol–water partition coefficient (Wildman–Crippen LogP) is 1.12. The van der Waals surface area contributed by atoms with Gasteiger partial charge in [0.15, 0.2) is 0 Å². The Morgan fingerprint density at radius 1 is 1.00 bits per heavy atom. The third-order valence-corrected chi connectivity index (χ3v) is 13.2. The molecule has 250 valence electrons. The number of aliphatic hydroxyl groups is 3. The van der Waals surface area contributed by atoms with Gasteiger partial charge in [-0.15, -0.1) is 0 Å². The first-order chi connectivity index (χ1) is 21.6. The zero-order valence-corrected chi connectivity index (χ0v) is 27.1. The van der Waals surface area contributed by atoms with E-state index in [0.717, 1.165) is 0 Å². The lowest BCUT2D eigenvalue weighted by molar-refractivity contribution is -0.330. The maximum atomic E-state index is 13.8. The van der Waals surface area contributed by atoms with Crippen LogP contribution in [0, 0.1) is 34.5 Å². The fourth-order valence-electron chi connectivity index (χ4n) is 12.4. The molecule has 1 heterocycles. The van der Waals surface area contributed by atoms with Crippen molar-refractivity contribution >= 4 is 5.97 Å². The molecule has 11 nitrogen and oxygen atoms in total. The molecule has 0 aromatic heterocycles. The Kier molecular flexibility index (Phi) is 7.75. The monoisotopic (exact) mass is 631 g/mol. The molecule has 0 amide bonds. The van der Waals surface area contributed by atoms with Gasteiger partial charge in [0.2, 0.25) is 0 Å². The van der Waals surface area contributed by atoms with Gasteiger partial charge in [-0.3, -0.25) is 4.90 Å². The van der Waals surface area contributed by atoms with Crippen molar-refractivity contribution in [3.8, 4) is 0 Å². The normalized spacial score (nSPS) is 50.9. The predicted molar refractivity (Wildman–Crippen MR) is 160 cm³/mol. The number of hydrogen-bond donors (Lipinski definition) is 3. The minimum Gasteiger partial charge on any atom is -0.455 e. The van der Waals surface area contributed by atoms with Crippen molar-refractivity contribution in [3.63, 3.8) is 0 Å². The van der Waals surface area contributed by atoms with E-state index in [-0.39, 0.29) is 30.9 Å². The topological polar surface area (TPSA) is 136 Å². The van der Waals surface area contributed by atoms with Gasteiger partial charge >= 0.3 is 5.97 Å². The number of piperidine rings is 1. The molecule has 45 heavy (non-hydrogen) atoms. The highest BCUT2D eigenvalue weighted by Crippen LogP contribution is 2.80. The molecule has 11 heteroatoms. The summed E-state index contributed by atoms with van der Waals surface area (Å²) in [6, 6.07) is 8.57. The molecule has 5 saturated carbocycles. The summed E-state index contributed by atoms with van der Waals surface area (Å²) in [7, 11) is 6.53. The van der Waals surface area contributed by atoms with Gasteiger partial charge in [-0.1, -0.05) is 25.1 Å². The number of nitrogens with zero attached hydrogens (tertiary/aromatic N) is 1. The molecule has 1 saturated heterocycles. The second-order valence-electron chi connectivity index (χ2n) is 14.3. The van der Waals surface area contributed by atoms with Crippen LogP contribution in [0.5, 0.6) is 0 Å². The van der Waals surface area contributed by atoms with E-state index in [2.05, 4.69) is 11.8 Å². The maximum Gasteiger partial charge on any atom is 0.338 e. The van der Waals surface area contributed by atoms with Crippen molar-refractivity contribution in [2.45, 2.75) is 80.6 Å². The first-order valence-corrected chi connectivity index (χ1v) is 16.4. The number of fused-ring (bicyclic) bond motifs is 2. The number of benzene rings is 1. The number of likely N-dealkylation sites (tertiary alicyclic amines) is 1. The molecule has 1 unspecified atom stereocenters. The van der Waals surface area contributed by atoms with Crippen molar-refractivity contribution in [1.29, 1.82) is 0 Å². The Morgan fingerprint density at radius 3 is 2.33 bits per heavy atom. The van der Waals surface area contributed by atoms with Crippen LogP contribution in [0.4, 0.5) is 0 Å². The van der Waals surface area contributed by atoms with E-state index in [0.29, 0.717) is 31.7 Å². The number of carbonyl (C=O) groups is 1. The summed E-state index contributed by atoms with van der Waals surface area (Å²) in [6.07, 6.45) is -4.41. The second-order valence-corrected chi connectivity index (χ2v) is 14.3. The summed E-state index contributed by atoms with van der Waals surface area (Å²) in [6.45, 7) is 5.86. The fraction of sp³-hybridized carbons (Fsp3) is 0.794. The van der Waals surface area contributed by atoms with Crippen LogP contribution >= 0.6 is 0 Å². The van der Waals surface area contributed by atoms with Gasteiger partial charge < -0.3 is 43.7 Å². The zero-order valence-electron chi connectivity index (χ0n) is 27.1. The van der Waals surface area contributed by atoms with Gasteiger partial charge in [-0.05, 0) is 37.9 Å². The van der Waals surface area contributed by atoms with Crippen molar-refractivity contribution in [3.05, 3.63) is 35.9 Å². The Bertz CT molecular complexity index is 1280. The molecule has 6 fully saturated rings. The standard InChI is InChI=1S/C34H49NO10/c1-7-35-16-31(17-40-3)20(36)14-21(41-4)33-19-15-32(39)28(45-30(38)18-12-10-9-11-13-18)22(19)34(44-8-2,27(37)29(32)43-6)23(26(33)35)24(42-5)25(31)33/h9-13,19-29,36-37,39H,7-8,14-17H2,1-6H3/t19-,20-,21+,22-,23+,24+,25-,26?,27+,28-,29+,31+,32-,33+,34-/m1/s1. The van der Waals surface area contributed by atoms with Crippen LogP contribution in [0.1, 0.15) is 37.0 Å². The summed E-state index contributed by atoms with van der Waals surface area (Å²) in [4.78, 5) is 16.2. The maximum absolute atomic E-state index is 13.8. The van der Waals surface area contributed by atoms with E-state index in [9.17, 15) is 20.1 Å². The molecular formula is C34H49NO10. The highest BCUT2D eigenvalue weighted by molar-refractivity contribution is 5.89. The van der Waals surface area contributed by atoms with E-state index in [1.165, 1.54) is 7.11 Å². The minimum absolute atomic E-state index is 0.175. The molecule has 1 spiro atoms. The fourth-order valence-corrected chi connectivity index (χ4v) is 12.4. The van der Waals surface area contributed by atoms with E-state index in [1.807, 2.05) is 13.0 Å². The van der Waals surface area contributed by atoms with Gasteiger partial charge in [-0.25, -0.2) is 4.79 Å². The van der Waals surface area contributed by atoms with Gasteiger partial charge in [-0.2, -0.15) is 0 Å². The van der Waals surface area contributed by atoms with E-state index in [1.54, 1.807) is 45.6 Å². The van der Waals surface area contributed by atoms with Crippen LogP contribution in [-0.2, 0) is 28.4 Å². The van der Waals surface area contributed by atoms with Crippen molar-refractivity contribution in [2.75, 3.05) is 54.7 Å². The lowest BCUT2D eigenvalue weighted by atomic mass is 9.42. The van der Waals surface area contributed by atoms with E-state index >= 15 is 0 Å². The summed E-state index contributed by atoms with van der Waals surface area (Å²) in [5.74, 6) is -2.18. The molecule has 0 radical (unpaired) electrons. The smallest absolute Gasteiger partial charge is 0.338 e. The average Bonchev–Trinajstić information content (AvgIpc) is 3.41. The number of carbonyl (C=O) groups excluding carboxylic acids is 1. The molecule has 15 atom stereocenters. The first kappa shape index (κ1) is 31.9. The summed E-state index contributed by atoms with van der Waals surface area (Å²) >= 11 is 0. The molecule has 1 aliphatic heterocycles. The van der Waals surface area contributed by atoms with Crippen LogP contribution in [0.3, 0.4) is 0 Å². The molecule has 1 aromatic carbocycles. The molecule has 7 rings (SSSR count). The number of aliphatic hydroxyl groups excluding tert-OH is 2. The number of esters is 1. The van der Waals surface area contributed by atoms with Gasteiger partial charge in [0.05, 0.1) is 30.5 Å².